The Labute approximate surface area is 281 Å². The molecule has 240 valence electrons. The quantitative estimate of drug-likeness (QED) is 0.175. The van der Waals surface area contributed by atoms with Crippen molar-refractivity contribution >= 4 is 28.5 Å². The molecular formula is C42H39N3O3. The summed E-state index contributed by atoms with van der Waals surface area (Å²) in [6.45, 7) is 2.06. The second-order valence-corrected chi connectivity index (χ2v) is 12.0. The van der Waals surface area contributed by atoms with Gasteiger partial charge in [-0.05, 0) is 52.4 Å². The van der Waals surface area contributed by atoms with Crippen molar-refractivity contribution in [1.29, 1.82) is 0 Å². The van der Waals surface area contributed by atoms with Crippen LogP contribution in [0.2, 0.25) is 0 Å². The first-order valence-electron chi connectivity index (χ1n) is 16.2. The van der Waals surface area contributed by atoms with Gasteiger partial charge in [-0.1, -0.05) is 127 Å². The number of aryl methyl sites for hydroxylation is 1. The molecule has 3 atom stereocenters. The van der Waals surface area contributed by atoms with Crippen LogP contribution in [0.4, 0.5) is 11.4 Å². The fourth-order valence-electron chi connectivity index (χ4n) is 5.83. The number of hydrogen-bond donors (Lipinski definition) is 3. The number of rotatable bonds is 6. The van der Waals surface area contributed by atoms with E-state index in [1.807, 2.05) is 115 Å². The molecule has 6 heteroatoms. The summed E-state index contributed by atoms with van der Waals surface area (Å²) in [5.74, 6) is 0. The van der Waals surface area contributed by atoms with Gasteiger partial charge in [0, 0.05) is 25.5 Å². The number of aliphatic hydroxyl groups is 3. The van der Waals surface area contributed by atoms with E-state index in [2.05, 4.69) is 46.2 Å². The summed E-state index contributed by atoms with van der Waals surface area (Å²) < 4.78 is 0. The zero-order chi connectivity index (χ0) is 33.3. The van der Waals surface area contributed by atoms with Gasteiger partial charge in [0.15, 0.2) is 0 Å². The Balaban J connectivity index is 0.000000127. The van der Waals surface area contributed by atoms with E-state index in [9.17, 15) is 15.3 Å². The maximum Gasteiger partial charge on any atom is 0.117 e. The van der Waals surface area contributed by atoms with Crippen LogP contribution in [-0.2, 0) is 12.8 Å². The van der Waals surface area contributed by atoms with Crippen molar-refractivity contribution in [1.82, 2.24) is 0 Å². The van der Waals surface area contributed by atoms with Crippen molar-refractivity contribution in [3.05, 3.63) is 179 Å². The molecule has 3 aliphatic rings. The summed E-state index contributed by atoms with van der Waals surface area (Å²) in [5.41, 5.74) is 10.8. The molecule has 0 bridgehead atoms. The van der Waals surface area contributed by atoms with Crippen LogP contribution in [0.1, 0.15) is 58.1 Å². The molecule has 0 saturated carbocycles. The monoisotopic (exact) mass is 633 g/mol. The first-order valence-corrected chi connectivity index (χ1v) is 16.2. The lowest BCUT2D eigenvalue weighted by atomic mass is 10.0. The predicted octanol–water partition coefficient (Wildman–Crippen LogP) is 8.48. The second-order valence-electron chi connectivity index (χ2n) is 12.0. The molecule has 3 aliphatic heterocycles. The van der Waals surface area contributed by atoms with Crippen LogP contribution in [0.5, 0.6) is 0 Å². The molecule has 48 heavy (non-hydrogen) atoms. The smallest absolute Gasteiger partial charge is 0.117 e. The Morgan fingerprint density at radius 3 is 1.46 bits per heavy atom. The molecule has 5 aromatic rings. The zero-order valence-corrected chi connectivity index (χ0v) is 26.9. The van der Waals surface area contributed by atoms with Crippen molar-refractivity contribution in [3.63, 3.8) is 0 Å². The Hall–Kier alpha value is -5.27. The molecule has 0 amide bonds. The van der Waals surface area contributed by atoms with Gasteiger partial charge >= 0.3 is 0 Å². The summed E-state index contributed by atoms with van der Waals surface area (Å²) >= 11 is 0. The van der Waals surface area contributed by atoms with Crippen LogP contribution in [0, 0.1) is 6.92 Å². The highest BCUT2D eigenvalue weighted by Crippen LogP contribution is 2.32. The average Bonchev–Trinajstić information content (AvgIpc) is 3.93. The molecule has 6 nitrogen and oxygen atoms in total. The largest absolute Gasteiger partial charge is 0.382 e. The fraction of sp³-hybridized carbons (Fsp3) is 0.167. The van der Waals surface area contributed by atoms with Gasteiger partial charge in [-0.2, -0.15) is 0 Å². The second kappa shape index (κ2) is 15.5. The number of para-hydroxylation sites is 1. The predicted molar refractivity (Wildman–Crippen MR) is 195 cm³/mol. The van der Waals surface area contributed by atoms with E-state index in [1.54, 1.807) is 6.20 Å². The minimum Gasteiger partial charge on any atom is -0.382 e. The molecule has 8 rings (SSSR count). The van der Waals surface area contributed by atoms with E-state index in [0.29, 0.717) is 0 Å². The Bertz CT molecular complexity index is 1950. The standard InChI is InChI=1S/C16H15NO.C15H13NO.C11H11NO/c1-11-7-8-13-10-15(17-14(13)9-11)16(18)12-5-3-2-4-6-12;17-15(11-6-2-1-3-7-11)14-10-12-8-4-5-9-13(12)16-14;13-11(10-7-4-8-12-10)9-5-2-1-3-6-9/h2-9,16,18H,10H2,1H3;1-9,15,17H,10H2;1-6,8,11,13H,7H2. The van der Waals surface area contributed by atoms with Gasteiger partial charge in [-0.15, -0.1) is 0 Å². The van der Waals surface area contributed by atoms with E-state index in [4.69, 9.17) is 0 Å². The van der Waals surface area contributed by atoms with E-state index in [1.165, 1.54) is 16.7 Å². The molecule has 0 saturated heterocycles. The van der Waals surface area contributed by atoms with E-state index in [0.717, 1.165) is 64.5 Å². The Morgan fingerprint density at radius 1 is 0.500 bits per heavy atom. The normalized spacial score (nSPS) is 15.7. The van der Waals surface area contributed by atoms with Gasteiger partial charge in [-0.3, -0.25) is 15.0 Å². The highest BCUT2D eigenvalue weighted by Gasteiger charge is 2.23. The number of aliphatic hydroxyl groups excluding tert-OH is 3. The van der Waals surface area contributed by atoms with Crippen molar-refractivity contribution in [2.24, 2.45) is 15.0 Å². The van der Waals surface area contributed by atoms with Crippen LogP contribution in [0.3, 0.4) is 0 Å². The van der Waals surface area contributed by atoms with Crippen LogP contribution in [-0.4, -0.2) is 32.5 Å². The third kappa shape index (κ3) is 7.99. The molecule has 3 N–H and O–H groups in total. The molecule has 3 heterocycles. The van der Waals surface area contributed by atoms with Gasteiger partial charge in [0.05, 0.1) is 28.5 Å². The Kier molecular flexibility index (Phi) is 10.6. The number of aliphatic imine (C=N–C) groups is 3. The molecule has 0 fully saturated rings. The van der Waals surface area contributed by atoms with E-state index >= 15 is 0 Å². The maximum atomic E-state index is 10.3. The molecule has 0 spiro atoms. The molecule has 5 aromatic carbocycles. The molecular weight excluding hydrogens is 594 g/mol. The van der Waals surface area contributed by atoms with Crippen molar-refractivity contribution in [3.8, 4) is 0 Å². The number of hydrogen-bond acceptors (Lipinski definition) is 6. The lowest BCUT2D eigenvalue weighted by Crippen LogP contribution is -2.11. The number of allylic oxidation sites excluding steroid dienone is 1. The highest BCUT2D eigenvalue weighted by atomic mass is 16.3. The van der Waals surface area contributed by atoms with E-state index < -0.39 is 18.3 Å². The average molecular weight is 634 g/mol. The van der Waals surface area contributed by atoms with Crippen LogP contribution in [0.15, 0.2) is 161 Å². The SMILES string of the molecule is Cc1ccc2c(c1)N=C(C(O)c1ccccc1)C2.OC(C1=NC=CC1)c1ccccc1.OC(C1=Nc2ccccc2C1)c1ccccc1. The van der Waals surface area contributed by atoms with Crippen molar-refractivity contribution in [2.45, 2.75) is 44.5 Å². The topological polar surface area (TPSA) is 97.8 Å². The van der Waals surface area contributed by atoms with Crippen LogP contribution >= 0.6 is 0 Å². The van der Waals surface area contributed by atoms with Crippen molar-refractivity contribution in [2.75, 3.05) is 0 Å². The molecule has 0 radical (unpaired) electrons. The van der Waals surface area contributed by atoms with Crippen LogP contribution < -0.4 is 0 Å². The minimum atomic E-state index is -0.598. The van der Waals surface area contributed by atoms with Gasteiger partial charge in [-0.25, -0.2) is 0 Å². The lowest BCUT2D eigenvalue weighted by Gasteiger charge is -2.10. The Morgan fingerprint density at radius 2 is 0.958 bits per heavy atom. The summed E-state index contributed by atoms with van der Waals surface area (Å²) in [5, 5.41) is 30.4. The van der Waals surface area contributed by atoms with Gasteiger partial charge in [0.2, 0.25) is 0 Å². The van der Waals surface area contributed by atoms with Gasteiger partial charge < -0.3 is 15.3 Å². The van der Waals surface area contributed by atoms with E-state index in [-0.39, 0.29) is 0 Å². The number of nitrogens with zero attached hydrogens (tertiary/aromatic N) is 3. The zero-order valence-electron chi connectivity index (χ0n) is 26.9. The lowest BCUT2D eigenvalue weighted by molar-refractivity contribution is 0.246. The molecule has 0 aliphatic carbocycles. The fourth-order valence-corrected chi connectivity index (χ4v) is 5.83. The maximum absolute atomic E-state index is 10.3. The van der Waals surface area contributed by atoms with Crippen molar-refractivity contribution < 1.29 is 15.3 Å². The molecule has 3 unspecified atom stereocenters. The van der Waals surface area contributed by atoms with Gasteiger partial charge in [0.25, 0.3) is 0 Å². The first-order chi connectivity index (χ1) is 23.5. The third-order valence-electron chi connectivity index (χ3n) is 8.47. The van der Waals surface area contributed by atoms with Gasteiger partial charge in [0.1, 0.15) is 18.3 Å². The molecule has 0 aromatic heterocycles. The summed E-state index contributed by atoms with van der Waals surface area (Å²) in [6.07, 6.45) is 4.19. The third-order valence-corrected chi connectivity index (χ3v) is 8.47. The summed E-state index contributed by atoms with van der Waals surface area (Å²) in [4.78, 5) is 13.1. The summed E-state index contributed by atoms with van der Waals surface area (Å²) in [6, 6.07) is 43.2. The van der Waals surface area contributed by atoms with Crippen LogP contribution in [0.25, 0.3) is 0 Å². The minimum absolute atomic E-state index is 0.545. The number of fused-ring (bicyclic) bond motifs is 2. The highest BCUT2D eigenvalue weighted by molar-refractivity contribution is 5.98. The summed E-state index contributed by atoms with van der Waals surface area (Å²) in [7, 11) is 0. The first kappa shape index (κ1) is 32.7. The number of benzene rings is 5.